The molecule has 0 aliphatic carbocycles. The van der Waals surface area contributed by atoms with E-state index in [1.165, 1.54) is 11.3 Å². The molecular formula is C27H31N3O3. The highest BCUT2D eigenvalue weighted by atomic mass is 16.2. The van der Waals surface area contributed by atoms with Gasteiger partial charge in [-0.25, -0.2) is 9.69 Å². The maximum atomic E-state index is 13.3. The van der Waals surface area contributed by atoms with Crippen molar-refractivity contribution >= 4 is 35.3 Å². The van der Waals surface area contributed by atoms with Gasteiger partial charge in [-0.1, -0.05) is 26.0 Å². The number of hydrogen-bond donors (Lipinski definition) is 1. The fourth-order valence-electron chi connectivity index (χ4n) is 4.82. The quantitative estimate of drug-likeness (QED) is 0.536. The van der Waals surface area contributed by atoms with Crippen molar-refractivity contribution in [3.63, 3.8) is 0 Å². The molecule has 0 aromatic heterocycles. The van der Waals surface area contributed by atoms with Crippen molar-refractivity contribution in [1.29, 1.82) is 0 Å². The van der Waals surface area contributed by atoms with Crippen molar-refractivity contribution in [3.8, 4) is 0 Å². The number of rotatable bonds is 3. The molecule has 1 saturated heterocycles. The number of carbonyl (C=O) groups is 3. The number of urea groups is 1. The van der Waals surface area contributed by atoms with Gasteiger partial charge in [0.05, 0.1) is 5.69 Å². The summed E-state index contributed by atoms with van der Waals surface area (Å²) in [5.74, 6) is -0.943. The number of anilines is 2. The van der Waals surface area contributed by atoms with E-state index in [1.54, 1.807) is 18.2 Å². The number of amides is 4. The summed E-state index contributed by atoms with van der Waals surface area (Å²) < 4.78 is 0. The average Bonchev–Trinajstić information content (AvgIpc) is 2.75. The van der Waals surface area contributed by atoms with Gasteiger partial charge < -0.3 is 4.90 Å². The summed E-state index contributed by atoms with van der Waals surface area (Å²) in [5, 5.41) is 2.32. The van der Waals surface area contributed by atoms with Gasteiger partial charge in [-0.05, 0) is 92.1 Å². The Kier molecular flexibility index (Phi) is 5.64. The average molecular weight is 446 g/mol. The molecule has 0 radical (unpaired) electrons. The zero-order chi connectivity index (χ0) is 24.1. The number of fused-ring (bicyclic) bond motifs is 1. The molecule has 1 unspecified atom stereocenters. The summed E-state index contributed by atoms with van der Waals surface area (Å²) in [5.41, 5.74) is 5.68. The van der Waals surface area contributed by atoms with Crippen molar-refractivity contribution in [2.75, 3.05) is 16.8 Å². The topological polar surface area (TPSA) is 69.7 Å². The summed E-state index contributed by atoms with van der Waals surface area (Å²) in [4.78, 5) is 41.7. The van der Waals surface area contributed by atoms with Crippen molar-refractivity contribution in [1.82, 2.24) is 5.32 Å². The Morgan fingerprint density at radius 2 is 1.79 bits per heavy atom. The molecule has 1 atom stereocenters. The molecule has 0 spiro atoms. The third-order valence-electron chi connectivity index (χ3n) is 7.03. The van der Waals surface area contributed by atoms with Crippen LogP contribution in [-0.2, 0) is 16.0 Å². The van der Waals surface area contributed by atoms with Crippen LogP contribution in [0.2, 0.25) is 0 Å². The van der Waals surface area contributed by atoms with Crippen LogP contribution in [0.3, 0.4) is 0 Å². The molecule has 6 heteroatoms. The molecule has 2 aliphatic heterocycles. The van der Waals surface area contributed by atoms with Crippen molar-refractivity contribution in [2.45, 2.75) is 58.9 Å². The Morgan fingerprint density at radius 1 is 1.12 bits per heavy atom. The van der Waals surface area contributed by atoms with E-state index in [0.717, 1.165) is 34.4 Å². The number of imide groups is 2. The van der Waals surface area contributed by atoms with Gasteiger partial charge >= 0.3 is 6.03 Å². The molecule has 33 heavy (non-hydrogen) atoms. The van der Waals surface area contributed by atoms with Crippen LogP contribution in [0.1, 0.15) is 62.3 Å². The maximum absolute atomic E-state index is 13.3. The summed E-state index contributed by atoms with van der Waals surface area (Å²) in [6.07, 6.45) is 3.47. The first-order chi connectivity index (χ1) is 15.5. The Hall–Kier alpha value is -3.41. The van der Waals surface area contributed by atoms with E-state index in [-0.39, 0.29) is 11.1 Å². The Bertz CT molecular complexity index is 1180. The minimum absolute atomic E-state index is 0.0469. The van der Waals surface area contributed by atoms with Gasteiger partial charge in [-0.2, -0.15) is 0 Å². The van der Waals surface area contributed by atoms with Crippen LogP contribution in [0.25, 0.3) is 6.08 Å². The lowest BCUT2D eigenvalue weighted by Gasteiger charge is -2.45. The molecule has 6 nitrogen and oxygen atoms in total. The fraction of sp³-hybridized carbons (Fsp3) is 0.370. The second-order valence-electron chi connectivity index (χ2n) is 9.72. The predicted octanol–water partition coefficient (Wildman–Crippen LogP) is 4.95. The highest BCUT2D eigenvalue weighted by Crippen LogP contribution is 2.43. The lowest BCUT2D eigenvalue weighted by molar-refractivity contribution is -0.122. The van der Waals surface area contributed by atoms with Gasteiger partial charge in [0, 0.05) is 18.3 Å². The predicted molar refractivity (Wildman–Crippen MR) is 132 cm³/mol. The van der Waals surface area contributed by atoms with Crippen LogP contribution in [-0.4, -0.2) is 30.4 Å². The third kappa shape index (κ3) is 3.94. The molecular weight excluding hydrogens is 414 g/mol. The first kappa shape index (κ1) is 22.8. The van der Waals surface area contributed by atoms with Crippen LogP contribution in [0.4, 0.5) is 16.2 Å². The van der Waals surface area contributed by atoms with E-state index < -0.39 is 17.8 Å². The molecule has 2 aliphatic rings. The van der Waals surface area contributed by atoms with E-state index in [0.29, 0.717) is 11.6 Å². The van der Waals surface area contributed by atoms with Crippen LogP contribution in [0.5, 0.6) is 0 Å². The Morgan fingerprint density at radius 3 is 2.42 bits per heavy atom. The molecule has 0 bridgehead atoms. The minimum atomic E-state index is -0.731. The van der Waals surface area contributed by atoms with Gasteiger partial charge in [0.1, 0.15) is 5.57 Å². The molecule has 4 rings (SSSR count). The minimum Gasteiger partial charge on any atom is -0.369 e. The molecule has 1 fully saturated rings. The van der Waals surface area contributed by atoms with Crippen LogP contribution < -0.4 is 15.1 Å². The van der Waals surface area contributed by atoms with Gasteiger partial charge in [-0.3, -0.25) is 14.9 Å². The van der Waals surface area contributed by atoms with Crippen LogP contribution in [0, 0.1) is 6.92 Å². The summed E-state index contributed by atoms with van der Waals surface area (Å²) in [7, 11) is 2.10. The highest BCUT2D eigenvalue weighted by Gasteiger charge is 2.38. The zero-order valence-corrected chi connectivity index (χ0v) is 20.2. The standard InChI is InChI=1S/C27H31N3O3/c1-7-18-8-10-20(11-9-18)30-25(32)22(24(31)28-26(30)33)14-19-13-21-17(3)15-27(4,5)29(6)23(21)12-16(19)2/h8-14,17H,7,15H2,1-6H3,(H,28,31,33)/b22-14-. The lowest BCUT2D eigenvalue weighted by Crippen LogP contribution is -2.54. The Balaban J connectivity index is 1.75. The molecule has 4 amide bonds. The van der Waals surface area contributed by atoms with E-state index in [4.69, 9.17) is 0 Å². The lowest BCUT2D eigenvalue weighted by atomic mass is 9.79. The zero-order valence-electron chi connectivity index (χ0n) is 20.2. The SMILES string of the molecule is CCc1ccc(N2C(=O)NC(=O)/C(=C/c3cc4c(cc3C)N(C)C(C)(C)CC4C)C2=O)cc1. The van der Waals surface area contributed by atoms with E-state index in [9.17, 15) is 14.4 Å². The second-order valence-corrected chi connectivity index (χ2v) is 9.72. The number of hydrogen-bond acceptors (Lipinski definition) is 4. The number of aryl methyl sites for hydroxylation is 2. The van der Waals surface area contributed by atoms with Crippen LogP contribution >= 0.6 is 0 Å². The number of benzene rings is 2. The fourth-order valence-corrected chi connectivity index (χ4v) is 4.82. The molecule has 2 heterocycles. The first-order valence-electron chi connectivity index (χ1n) is 11.4. The summed E-state index contributed by atoms with van der Waals surface area (Å²) >= 11 is 0. The van der Waals surface area contributed by atoms with Gasteiger partial charge in [-0.15, -0.1) is 0 Å². The highest BCUT2D eigenvalue weighted by molar-refractivity contribution is 6.39. The summed E-state index contributed by atoms with van der Waals surface area (Å²) in [6.45, 7) is 10.7. The number of nitrogens with zero attached hydrogens (tertiary/aromatic N) is 2. The summed E-state index contributed by atoms with van der Waals surface area (Å²) in [6, 6.07) is 10.7. The van der Waals surface area contributed by atoms with Gasteiger partial charge in [0.2, 0.25) is 0 Å². The Labute approximate surface area is 195 Å². The van der Waals surface area contributed by atoms with Crippen molar-refractivity contribution < 1.29 is 14.4 Å². The normalized spacial score (nSPS) is 21.3. The smallest absolute Gasteiger partial charge is 0.335 e. The number of barbiturate groups is 1. The van der Waals surface area contributed by atoms with Crippen LogP contribution in [0.15, 0.2) is 42.0 Å². The monoisotopic (exact) mass is 445 g/mol. The van der Waals surface area contributed by atoms with Crippen molar-refractivity contribution in [2.24, 2.45) is 0 Å². The largest absolute Gasteiger partial charge is 0.369 e. The molecule has 0 saturated carbocycles. The van der Waals surface area contributed by atoms with Gasteiger partial charge in [0.15, 0.2) is 0 Å². The van der Waals surface area contributed by atoms with E-state index in [1.807, 2.05) is 26.0 Å². The van der Waals surface area contributed by atoms with Gasteiger partial charge in [0.25, 0.3) is 11.8 Å². The van der Waals surface area contributed by atoms with E-state index >= 15 is 0 Å². The first-order valence-corrected chi connectivity index (χ1v) is 11.4. The molecule has 1 N–H and O–H groups in total. The second kappa shape index (κ2) is 8.18. The maximum Gasteiger partial charge on any atom is 0.335 e. The number of carbonyl (C=O) groups excluding carboxylic acids is 3. The molecule has 2 aromatic carbocycles. The van der Waals surface area contributed by atoms with E-state index in [2.05, 4.69) is 50.2 Å². The third-order valence-corrected chi connectivity index (χ3v) is 7.03. The number of nitrogens with one attached hydrogen (secondary N) is 1. The van der Waals surface area contributed by atoms with Crippen molar-refractivity contribution in [3.05, 3.63) is 64.2 Å². The molecule has 2 aromatic rings. The molecule has 172 valence electrons.